The Kier molecular flexibility index (Phi) is 5.43. The molecule has 0 radical (unpaired) electrons. The van der Waals surface area contributed by atoms with Crippen LogP contribution in [0.2, 0.25) is 0 Å². The number of anilines is 1. The fraction of sp³-hybridized carbons (Fsp3) is 0.333. The van der Waals surface area contributed by atoms with Gasteiger partial charge in [0.05, 0.1) is 29.0 Å². The van der Waals surface area contributed by atoms with E-state index in [0.29, 0.717) is 19.5 Å². The molecule has 2 aromatic heterocycles. The van der Waals surface area contributed by atoms with E-state index in [1.807, 2.05) is 49.4 Å². The predicted octanol–water partition coefficient (Wildman–Crippen LogP) is 2.22. The molecule has 2 atom stereocenters. The van der Waals surface area contributed by atoms with Gasteiger partial charge in [0.15, 0.2) is 0 Å². The van der Waals surface area contributed by atoms with Crippen LogP contribution in [-0.2, 0) is 11.3 Å². The highest BCUT2D eigenvalue weighted by Crippen LogP contribution is 2.23. The maximum atomic E-state index is 12.6. The number of hydrogen-bond donors (Lipinski definition) is 2. The number of aromatic nitrogens is 3. The molecule has 0 aliphatic carbocycles. The lowest BCUT2D eigenvalue weighted by atomic mass is 10.1. The first-order chi connectivity index (χ1) is 13.7. The molecule has 1 saturated heterocycles. The number of nitrogens with one attached hydrogen (secondary N) is 2. The quantitative estimate of drug-likeness (QED) is 0.686. The van der Waals surface area contributed by atoms with Gasteiger partial charge < -0.3 is 10.6 Å². The van der Waals surface area contributed by atoms with Crippen LogP contribution in [-0.4, -0.2) is 50.9 Å². The minimum atomic E-state index is -0.187. The summed E-state index contributed by atoms with van der Waals surface area (Å²) in [6, 6.07) is 13.6. The van der Waals surface area contributed by atoms with Gasteiger partial charge in [0.1, 0.15) is 5.82 Å². The zero-order chi connectivity index (χ0) is 19.3. The monoisotopic (exact) mass is 376 g/mol. The van der Waals surface area contributed by atoms with E-state index < -0.39 is 0 Å². The molecule has 7 nitrogen and oxygen atoms in total. The smallest absolute Gasteiger partial charge is 0.237 e. The van der Waals surface area contributed by atoms with Crippen molar-refractivity contribution in [1.29, 1.82) is 0 Å². The average Bonchev–Trinajstić information content (AvgIpc) is 3.11. The van der Waals surface area contributed by atoms with Gasteiger partial charge >= 0.3 is 0 Å². The second-order valence-corrected chi connectivity index (χ2v) is 6.98. The van der Waals surface area contributed by atoms with Crippen molar-refractivity contribution in [2.24, 2.45) is 0 Å². The molecule has 4 rings (SSSR count). The van der Waals surface area contributed by atoms with Crippen LogP contribution in [0.4, 0.5) is 5.82 Å². The number of carbonyl (C=O) groups is 1. The van der Waals surface area contributed by atoms with Crippen molar-refractivity contribution in [3.63, 3.8) is 0 Å². The maximum Gasteiger partial charge on any atom is 0.237 e. The van der Waals surface area contributed by atoms with Crippen molar-refractivity contribution in [2.75, 3.05) is 18.4 Å². The summed E-state index contributed by atoms with van der Waals surface area (Å²) in [6.07, 6.45) is 4.25. The lowest BCUT2D eigenvalue weighted by molar-refractivity contribution is -0.125. The van der Waals surface area contributed by atoms with Crippen molar-refractivity contribution in [1.82, 2.24) is 25.2 Å². The largest absolute Gasteiger partial charge is 0.365 e. The van der Waals surface area contributed by atoms with Crippen molar-refractivity contribution >= 4 is 22.8 Å². The fourth-order valence-corrected chi connectivity index (χ4v) is 3.68. The van der Waals surface area contributed by atoms with Crippen LogP contribution < -0.4 is 10.6 Å². The van der Waals surface area contributed by atoms with E-state index in [1.165, 1.54) is 0 Å². The fourth-order valence-electron chi connectivity index (χ4n) is 3.68. The predicted molar refractivity (Wildman–Crippen MR) is 109 cm³/mol. The van der Waals surface area contributed by atoms with Gasteiger partial charge in [-0.1, -0.05) is 18.2 Å². The molecule has 0 saturated carbocycles. The molecular weight excluding hydrogens is 352 g/mol. The maximum absolute atomic E-state index is 12.6. The van der Waals surface area contributed by atoms with Crippen LogP contribution in [0, 0.1) is 0 Å². The van der Waals surface area contributed by atoms with Gasteiger partial charge in [-0.25, -0.2) is 4.98 Å². The van der Waals surface area contributed by atoms with E-state index in [9.17, 15) is 4.79 Å². The molecule has 2 N–H and O–H groups in total. The number of amides is 1. The summed E-state index contributed by atoms with van der Waals surface area (Å²) < 4.78 is 0. The molecule has 1 aromatic carbocycles. The molecule has 1 amide bonds. The number of likely N-dealkylation sites (tertiary alicyclic amines) is 1. The van der Waals surface area contributed by atoms with Gasteiger partial charge in [-0.3, -0.25) is 19.7 Å². The Balaban J connectivity index is 1.50. The zero-order valence-electron chi connectivity index (χ0n) is 15.9. The number of nitrogens with zero attached hydrogens (tertiary/aromatic N) is 4. The molecule has 1 aliphatic heterocycles. The first-order valence-corrected chi connectivity index (χ1v) is 9.63. The number of fused-ring (bicyclic) bond motifs is 1. The number of carbonyl (C=O) groups excluding carboxylic acids is 1. The molecule has 3 heterocycles. The molecule has 0 bridgehead atoms. The summed E-state index contributed by atoms with van der Waals surface area (Å²) in [5.74, 6) is 0.797. The molecule has 28 heavy (non-hydrogen) atoms. The van der Waals surface area contributed by atoms with Crippen LogP contribution in [0.3, 0.4) is 0 Å². The second-order valence-electron chi connectivity index (χ2n) is 6.98. The van der Waals surface area contributed by atoms with E-state index in [1.54, 1.807) is 12.4 Å². The van der Waals surface area contributed by atoms with Crippen molar-refractivity contribution < 1.29 is 4.79 Å². The highest BCUT2D eigenvalue weighted by atomic mass is 16.2. The van der Waals surface area contributed by atoms with Crippen molar-refractivity contribution in [3.8, 4) is 0 Å². The lowest BCUT2D eigenvalue weighted by Crippen LogP contribution is -2.42. The first-order valence-electron chi connectivity index (χ1n) is 9.63. The molecule has 7 heteroatoms. The van der Waals surface area contributed by atoms with Crippen molar-refractivity contribution in [2.45, 2.75) is 32.0 Å². The minimum absolute atomic E-state index is 0.0623. The Morgan fingerprint density at radius 2 is 1.96 bits per heavy atom. The Morgan fingerprint density at radius 1 is 1.14 bits per heavy atom. The first kappa shape index (κ1) is 18.3. The third-order valence-corrected chi connectivity index (χ3v) is 4.95. The summed E-state index contributed by atoms with van der Waals surface area (Å²) in [4.78, 5) is 28.3. The summed E-state index contributed by atoms with van der Waals surface area (Å²) in [5, 5.41) is 6.42. The van der Waals surface area contributed by atoms with Crippen LogP contribution in [0.25, 0.3) is 11.0 Å². The second kappa shape index (κ2) is 8.31. The third-order valence-electron chi connectivity index (χ3n) is 4.95. The topological polar surface area (TPSA) is 83.0 Å². The summed E-state index contributed by atoms with van der Waals surface area (Å²) in [6.45, 7) is 3.95. The number of rotatable bonds is 6. The molecular formula is C21H24N6O. The highest BCUT2D eigenvalue weighted by Gasteiger charge is 2.36. The number of para-hydroxylation sites is 2. The average molecular weight is 376 g/mol. The van der Waals surface area contributed by atoms with Crippen LogP contribution in [0.5, 0.6) is 0 Å². The lowest BCUT2D eigenvalue weighted by Gasteiger charge is -2.22. The SMILES string of the molecule is CCNC(=O)[C@@H]1C[C@H](Nc2cnc3ccccc3n2)CN1Cc1ccccn1. The van der Waals surface area contributed by atoms with Crippen LogP contribution >= 0.6 is 0 Å². The van der Waals surface area contributed by atoms with E-state index in [2.05, 4.69) is 30.5 Å². The molecule has 0 spiro atoms. The van der Waals surface area contributed by atoms with Gasteiger partial charge in [-0.2, -0.15) is 0 Å². The molecule has 3 aromatic rings. The Labute approximate surface area is 164 Å². The summed E-state index contributed by atoms with van der Waals surface area (Å²) in [5.41, 5.74) is 2.69. The molecule has 1 aliphatic rings. The Hall–Kier alpha value is -3.06. The van der Waals surface area contributed by atoms with Crippen LogP contribution in [0.15, 0.2) is 54.9 Å². The standard InChI is InChI=1S/C21H24N6O/c1-2-22-21(28)19-11-16(14-27(19)13-15-7-5-6-10-23-15)25-20-12-24-17-8-3-4-9-18(17)26-20/h3-10,12,16,19H,2,11,13-14H2,1H3,(H,22,28)(H,25,26)/t16-,19-/m0/s1. The van der Waals surface area contributed by atoms with Gasteiger partial charge in [0.25, 0.3) is 0 Å². The van der Waals surface area contributed by atoms with Gasteiger partial charge in [-0.15, -0.1) is 0 Å². The van der Waals surface area contributed by atoms with E-state index in [4.69, 9.17) is 0 Å². The van der Waals surface area contributed by atoms with E-state index in [-0.39, 0.29) is 18.0 Å². The molecule has 144 valence electrons. The third kappa shape index (κ3) is 4.09. The number of benzene rings is 1. The Bertz CT molecular complexity index is 948. The van der Waals surface area contributed by atoms with E-state index >= 15 is 0 Å². The zero-order valence-corrected chi connectivity index (χ0v) is 15.9. The number of pyridine rings is 1. The molecule has 1 fully saturated rings. The highest BCUT2D eigenvalue weighted by molar-refractivity contribution is 5.82. The van der Waals surface area contributed by atoms with Gasteiger partial charge in [0.2, 0.25) is 5.91 Å². The van der Waals surface area contributed by atoms with Gasteiger partial charge in [0, 0.05) is 31.9 Å². The minimum Gasteiger partial charge on any atom is -0.365 e. The summed E-state index contributed by atoms with van der Waals surface area (Å²) >= 11 is 0. The number of hydrogen-bond acceptors (Lipinski definition) is 6. The van der Waals surface area contributed by atoms with Gasteiger partial charge in [-0.05, 0) is 37.6 Å². The summed E-state index contributed by atoms with van der Waals surface area (Å²) in [7, 11) is 0. The number of likely N-dealkylation sites (N-methyl/N-ethyl adjacent to an activating group) is 1. The Morgan fingerprint density at radius 3 is 2.75 bits per heavy atom. The van der Waals surface area contributed by atoms with Crippen molar-refractivity contribution in [3.05, 3.63) is 60.6 Å². The molecule has 0 unspecified atom stereocenters. The van der Waals surface area contributed by atoms with Crippen LogP contribution in [0.1, 0.15) is 19.0 Å². The van der Waals surface area contributed by atoms with E-state index in [0.717, 1.165) is 29.1 Å². The normalized spacial score (nSPS) is 19.6.